The van der Waals surface area contributed by atoms with Crippen molar-refractivity contribution < 1.29 is 9.90 Å². The van der Waals surface area contributed by atoms with Crippen molar-refractivity contribution in [2.45, 2.75) is 77.2 Å². The summed E-state index contributed by atoms with van der Waals surface area (Å²) in [5, 5.41) is 18.3. The molecule has 0 unspecified atom stereocenters. The summed E-state index contributed by atoms with van der Waals surface area (Å²) in [6, 6.07) is 0.469. The van der Waals surface area contributed by atoms with Gasteiger partial charge in [0.1, 0.15) is 11.6 Å². The summed E-state index contributed by atoms with van der Waals surface area (Å²) in [6.45, 7) is 1.99. The quantitative estimate of drug-likeness (QED) is 0.924. The fourth-order valence-electron chi connectivity index (χ4n) is 4.17. The van der Waals surface area contributed by atoms with Crippen LogP contribution >= 0.6 is 0 Å². The van der Waals surface area contributed by atoms with Crippen LogP contribution in [0, 0.1) is 12.3 Å². The minimum atomic E-state index is -0.657. The summed E-state index contributed by atoms with van der Waals surface area (Å²) in [6.07, 6.45) is 10.3. The molecular formula is C16H25N3O2. The summed E-state index contributed by atoms with van der Waals surface area (Å²) >= 11 is 0. The third-order valence-corrected chi connectivity index (χ3v) is 5.39. The number of aromatic nitrogens is 3. The van der Waals surface area contributed by atoms with E-state index < -0.39 is 11.4 Å². The molecule has 0 bridgehead atoms. The molecule has 5 nitrogen and oxygen atoms in total. The molecule has 116 valence electrons. The molecule has 0 atom stereocenters. The van der Waals surface area contributed by atoms with Crippen molar-refractivity contribution in [2.24, 2.45) is 5.41 Å². The fourth-order valence-corrected chi connectivity index (χ4v) is 4.17. The summed E-state index contributed by atoms with van der Waals surface area (Å²) < 4.78 is 2.24. The normalized spacial score (nSPS) is 22.5. The lowest BCUT2D eigenvalue weighted by Gasteiger charge is -2.28. The van der Waals surface area contributed by atoms with Gasteiger partial charge in [-0.3, -0.25) is 4.79 Å². The van der Waals surface area contributed by atoms with Crippen molar-refractivity contribution in [3.05, 3.63) is 11.6 Å². The van der Waals surface area contributed by atoms with E-state index in [0.29, 0.717) is 12.5 Å². The standard InChI is InChI=1S/C16H25N3O2/c1-12-17-18-14(19(12)13-7-3-2-4-8-13)11-16(15(20)21)9-5-6-10-16/h13H,2-11H2,1H3,(H,20,21). The van der Waals surface area contributed by atoms with Gasteiger partial charge in [0.05, 0.1) is 5.41 Å². The summed E-state index contributed by atoms with van der Waals surface area (Å²) in [4.78, 5) is 11.8. The van der Waals surface area contributed by atoms with Crippen molar-refractivity contribution in [1.82, 2.24) is 14.8 Å². The second-order valence-electron chi connectivity index (χ2n) is 6.79. The number of hydrogen-bond acceptors (Lipinski definition) is 3. The molecular weight excluding hydrogens is 266 g/mol. The first-order valence-corrected chi connectivity index (χ1v) is 8.26. The molecule has 5 heteroatoms. The maximum atomic E-state index is 11.8. The molecule has 0 amide bonds. The molecule has 1 aromatic rings. The van der Waals surface area contributed by atoms with Gasteiger partial charge in [0, 0.05) is 12.5 Å². The van der Waals surface area contributed by atoms with E-state index in [0.717, 1.165) is 37.3 Å². The number of carboxylic acids is 1. The van der Waals surface area contributed by atoms with Crippen LogP contribution in [0.4, 0.5) is 0 Å². The third kappa shape index (κ3) is 2.70. The number of aryl methyl sites for hydroxylation is 1. The average molecular weight is 291 g/mol. The first-order chi connectivity index (χ1) is 10.1. The maximum absolute atomic E-state index is 11.8. The highest BCUT2D eigenvalue weighted by atomic mass is 16.4. The zero-order chi connectivity index (χ0) is 14.9. The Labute approximate surface area is 125 Å². The molecule has 1 N–H and O–H groups in total. The van der Waals surface area contributed by atoms with Crippen LogP contribution in [-0.4, -0.2) is 25.8 Å². The van der Waals surface area contributed by atoms with E-state index in [1.807, 2.05) is 6.92 Å². The van der Waals surface area contributed by atoms with Gasteiger partial charge in [-0.1, -0.05) is 32.1 Å². The minimum Gasteiger partial charge on any atom is -0.481 e. The van der Waals surface area contributed by atoms with Crippen LogP contribution in [0.2, 0.25) is 0 Å². The highest BCUT2D eigenvalue weighted by molar-refractivity contribution is 5.75. The fraction of sp³-hybridized carbons (Fsp3) is 0.812. The number of nitrogens with zero attached hydrogens (tertiary/aromatic N) is 3. The Morgan fingerprint density at radius 1 is 1.19 bits per heavy atom. The average Bonchev–Trinajstić information content (AvgIpc) is 3.09. The molecule has 2 saturated carbocycles. The van der Waals surface area contributed by atoms with Crippen molar-refractivity contribution in [3.8, 4) is 0 Å². The van der Waals surface area contributed by atoms with Gasteiger partial charge < -0.3 is 9.67 Å². The van der Waals surface area contributed by atoms with Gasteiger partial charge in [-0.05, 0) is 32.6 Å². The molecule has 1 heterocycles. The third-order valence-electron chi connectivity index (χ3n) is 5.39. The topological polar surface area (TPSA) is 68.0 Å². The number of carboxylic acid groups (broad SMARTS) is 1. The lowest BCUT2D eigenvalue weighted by atomic mass is 9.82. The molecule has 2 aliphatic carbocycles. The minimum absolute atomic E-state index is 0.469. The van der Waals surface area contributed by atoms with E-state index >= 15 is 0 Å². The van der Waals surface area contributed by atoms with Crippen LogP contribution in [0.25, 0.3) is 0 Å². The van der Waals surface area contributed by atoms with Gasteiger partial charge in [0.25, 0.3) is 0 Å². The molecule has 21 heavy (non-hydrogen) atoms. The molecule has 0 saturated heterocycles. The lowest BCUT2D eigenvalue weighted by molar-refractivity contribution is -0.148. The van der Waals surface area contributed by atoms with Crippen LogP contribution in [0.1, 0.15) is 75.5 Å². The van der Waals surface area contributed by atoms with Crippen molar-refractivity contribution in [1.29, 1.82) is 0 Å². The lowest BCUT2D eigenvalue weighted by Crippen LogP contribution is -2.32. The van der Waals surface area contributed by atoms with E-state index in [1.54, 1.807) is 0 Å². The first-order valence-electron chi connectivity index (χ1n) is 8.26. The predicted molar refractivity (Wildman–Crippen MR) is 79.1 cm³/mol. The molecule has 0 aliphatic heterocycles. The highest BCUT2D eigenvalue weighted by Gasteiger charge is 2.43. The smallest absolute Gasteiger partial charge is 0.310 e. The Morgan fingerprint density at radius 3 is 2.48 bits per heavy atom. The van der Waals surface area contributed by atoms with Gasteiger partial charge in [-0.15, -0.1) is 10.2 Å². The highest BCUT2D eigenvalue weighted by Crippen LogP contribution is 2.42. The number of rotatable bonds is 4. The van der Waals surface area contributed by atoms with Gasteiger partial charge in [0.15, 0.2) is 0 Å². The van der Waals surface area contributed by atoms with Gasteiger partial charge in [-0.25, -0.2) is 0 Å². The molecule has 0 radical (unpaired) electrons. The van der Waals surface area contributed by atoms with E-state index in [4.69, 9.17) is 0 Å². The van der Waals surface area contributed by atoms with Crippen LogP contribution in [0.15, 0.2) is 0 Å². The Bertz CT molecular complexity index is 512. The van der Waals surface area contributed by atoms with Crippen LogP contribution in [0.3, 0.4) is 0 Å². The van der Waals surface area contributed by atoms with Crippen molar-refractivity contribution >= 4 is 5.97 Å². The van der Waals surface area contributed by atoms with Gasteiger partial charge in [-0.2, -0.15) is 0 Å². The molecule has 0 spiro atoms. The number of aliphatic carboxylic acids is 1. The van der Waals surface area contributed by atoms with E-state index in [-0.39, 0.29) is 0 Å². The number of hydrogen-bond donors (Lipinski definition) is 1. The molecule has 1 aromatic heterocycles. The summed E-state index contributed by atoms with van der Waals surface area (Å²) in [7, 11) is 0. The molecule has 0 aromatic carbocycles. The zero-order valence-electron chi connectivity index (χ0n) is 12.8. The Morgan fingerprint density at radius 2 is 1.86 bits per heavy atom. The largest absolute Gasteiger partial charge is 0.481 e. The SMILES string of the molecule is Cc1nnc(CC2(C(=O)O)CCCC2)n1C1CCCCC1. The summed E-state index contributed by atoms with van der Waals surface area (Å²) in [5.74, 6) is 1.18. The Kier molecular flexibility index (Phi) is 4.00. The first kappa shape index (κ1) is 14.5. The van der Waals surface area contributed by atoms with Crippen LogP contribution in [0.5, 0.6) is 0 Å². The maximum Gasteiger partial charge on any atom is 0.310 e. The molecule has 3 rings (SSSR count). The Balaban J connectivity index is 1.87. The van der Waals surface area contributed by atoms with Gasteiger partial charge in [0.2, 0.25) is 0 Å². The number of carbonyl (C=O) groups is 1. The van der Waals surface area contributed by atoms with Gasteiger partial charge >= 0.3 is 5.97 Å². The zero-order valence-corrected chi connectivity index (χ0v) is 12.8. The monoisotopic (exact) mass is 291 g/mol. The Hall–Kier alpha value is -1.39. The van der Waals surface area contributed by atoms with Crippen molar-refractivity contribution in [3.63, 3.8) is 0 Å². The van der Waals surface area contributed by atoms with Crippen LogP contribution in [-0.2, 0) is 11.2 Å². The predicted octanol–water partition coefficient (Wildman–Crippen LogP) is 3.28. The summed E-state index contributed by atoms with van der Waals surface area (Å²) in [5.41, 5.74) is -0.605. The van der Waals surface area contributed by atoms with E-state index in [9.17, 15) is 9.90 Å². The van der Waals surface area contributed by atoms with Crippen LogP contribution < -0.4 is 0 Å². The molecule has 2 fully saturated rings. The van der Waals surface area contributed by atoms with Crippen molar-refractivity contribution in [2.75, 3.05) is 0 Å². The second-order valence-corrected chi connectivity index (χ2v) is 6.79. The second kappa shape index (κ2) is 5.78. The van der Waals surface area contributed by atoms with E-state index in [2.05, 4.69) is 14.8 Å². The van der Waals surface area contributed by atoms with E-state index in [1.165, 1.54) is 32.1 Å². The molecule has 2 aliphatic rings.